The number of piperazine rings is 1. The van der Waals surface area contributed by atoms with E-state index in [1.54, 1.807) is 35.1 Å². The lowest BCUT2D eigenvalue weighted by Crippen LogP contribution is -2.51. The predicted molar refractivity (Wildman–Crippen MR) is 95.4 cm³/mol. The molecule has 27 heavy (non-hydrogen) atoms. The zero-order valence-electron chi connectivity index (χ0n) is 14.6. The van der Waals surface area contributed by atoms with Crippen LogP contribution in [-0.4, -0.2) is 64.2 Å². The van der Waals surface area contributed by atoms with E-state index in [0.29, 0.717) is 0 Å². The highest BCUT2D eigenvalue weighted by molar-refractivity contribution is 7.89. The Labute approximate surface area is 156 Å². The van der Waals surface area contributed by atoms with Gasteiger partial charge in [-0.25, -0.2) is 13.4 Å². The molecule has 144 valence electrons. The molecule has 1 saturated heterocycles. The van der Waals surface area contributed by atoms with Gasteiger partial charge in [-0.3, -0.25) is 14.9 Å². The first kappa shape index (κ1) is 19.0. The van der Waals surface area contributed by atoms with Crippen LogP contribution in [0.25, 0.3) is 0 Å². The van der Waals surface area contributed by atoms with E-state index in [9.17, 15) is 23.3 Å². The standard InChI is InChI=1S/C16H19N5O5S/c1-13(19-7-6-17-12-19)16(22)18-8-10-20(11-9-18)27(25,26)15-5-3-2-4-14(15)21(23)24/h2-7,12-13H,8-11H2,1H3. The van der Waals surface area contributed by atoms with Crippen molar-refractivity contribution in [2.75, 3.05) is 26.2 Å². The van der Waals surface area contributed by atoms with Gasteiger partial charge in [-0.1, -0.05) is 12.1 Å². The fraction of sp³-hybridized carbons (Fsp3) is 0.375. The molecule has 2 aromatic rings. The van der Waals surface area contributed by atoms with Crippen molar-refractivity contribution >= 4 is 21.6 Å². The van der Waals surface area contributed by atoms with Crippen LogP contribution in [0.4, 0.5) is 5.69 Å². The molecule has 1 atom stereocenters. The molecular formula is C16H19N5O5S. The van der Waals surface area contributed by atoms with Crippen LogP contribution in [0.2, 0.25) is 0 Å². The Morgan fingerprint density at radius 1 is 1.22 bits per heavy atom. The van der Waals surface area contributed by atoms with Crippen molar-refractivity contribution in [3.05, 3.63) is 53.1 Å². The molecule has 10 nitrogen and oxygen atoms in total. The normalized spacial score (nSPS) is 16.9. The lowest BCUT2D eigenvalue weighted by Gasteiger charge is -2.35. The smallest absolute Gasteiger partial charge is 0.289 e. The highest BCUT2D eigenvalue weighted by Gasteiger charge is 2.35. The van der Waals surface area contributed by atoms with E-state index in [0.717, 1.165) is 0 Å². The Hall–Kier alpha value is -2.79. The third-order valence-corrected chi connectivity index (χ3v) is 6.51. The quantitative estimate of drug-likeness (QED) is 0.550. The number of sulfonamides is 1. The van der Waals surface area contributed by atoms with E-state index >= 15 is 0 Å². The molecule has 11 heteroatoms. The van der Waals surface area contributed by atoms with Gasteiger partial charge < -0.3 is 9.47 Å². The molecule has 1 unspecified atom stereocenters. The monoisotopic (exact) mass is 393 g/mol. The van der Waals surface area contributed by atoms with Crippen LogP contribution < -0.4 is 0 Å². The Kier molecular flexibility index (Phi) is 5.24. The Morgan fingerprint density at radius 2 is 1.89 bits per heavy atom. The van der Waals surface area contributed by atoms with Crippen molar-refractivity contribution in [2.24, 2.45) is 0 Å². The number of aromatic nitrogens is 2. The van der Waals surface area contributed by atoms with Crippen LogP contribution in [0.1, 0.15) is 13.0 Å². The summed E-state index contributed by atoms with van der Waals surface area (Å²) in [5.41, 5.74) is -0.454. The van der Waals surface area contributed by atoms with E-state index in [1.807, 2.05) is 0 Å². The number of imidazole rings is 1. The number of hydrogen-bond donors (Lipinski definition) is 0. The molecule has 1 aromatic heterocycles. The molecule has 0 spiro atoms. The van der Waals surface area contributed by atoms with Crippen LogP contribution >= 0.6 is 0 Å². The van der Waals surface area contributed by atoms with Gasteiger partial charge in [0.05, 0.1) is 11.3 Å². The minimum Gasteiger partial charge on any atom is -0.338 e. The Balaban J connectivity index is 1.72. The summed E-state index contributed by atoms with van der Waals surface area (Å²) >= 11 is 0. The average molecular weight is 393 g/mol. The van der Waals surface area contributed by atoms with E-state index in [-0.39, 0.29) is 37.0 Å². The number of amides is 1. The van der Waals surface area contributed by atoms with Gasteiger partial charge in [0.1, 0.15) is 6.04 Å². The van der Waals surface area contributed by atoms with Gasteiger partial charge in [-0.15, -0.1) is 0 Å². The average Bonchev–Trinajstić information content (AvgIpc) is 3.21. The maximum Gasteiger partial charge on any atom is 0.289 e. The largest absolute Gasteiger partial charge is 0.338 e. The number of nitro groups is 1. The van der Waals surface area contributed by atoms with E-state index < -0.39 is 26.7 Å². The molecule has 3 rings (SSSR count). The maximum atomic E-state index is 12.8. The van der Waals surface area contributed by atoms with Crippen molar-refractivity contribution < 1.29 is 18.1 Å². The highest BCUT2D eigenvalue weighted by atomic mass is 32.2. The second-order valence-electron chi connectivity index (χ2n) is 6.14. The van der Waals surface area contributed by atoms with Crippen LogP contribution in [0, 0.1) is 10.1 Å². The minimum atomic E-state index is -4.01. The summed E-state index contributed by atoms with van der Waals surface area (Å²) < 4.78 is 28.5. The number of nitro benzene ring substituents is 1. The maximum absolute atomic E-state index is 12.8. The molecule has 1 amide bonds. The summed E-state index contributed by atoms with van der Waals surface area (Å²) in [5.74, 6) is -0.129. The summed E-state index contributed by atoms with van der Waals surface area (Å²) in [6.07, 6.45) is 4.83. The summed E-state index contributed by atoms with van der Waals surface area (Å²) in [6.45, 7) is 2.35. The van der Waals surface area contributed by atoms with Crippen molar-refractivity contribution in [2.45, 2.75) is 17.9 Å². The zero-order valence-corrected chi connectivity index (χ0v) is 15.4. The number of carbonyl (C=O) groups excluding carboxylic acids is 1. The van der Waals surface area contributed by atoms with E-state index in [1.165, 1.54) is 28.6 Å². The van der Waals surface area contributed by atoms with Gasteiger partial charge in [0.25, 0.3) is 5.69 Å². The van der Waals surface area contributed by atoms with Crippen LogP contribution in [0.3, 0.4) is 0 Å². The topological polar surface area (TPSA) is 119 Å². The van der Waals surface area contributed by atoms with Crippen molar-refractivity contribution in [1.29, 1.82) is 0 Å². The zero-order chi connectivity index (χ0) is 19.6. The molecule has 0 radical (unpaired) electrons. The molecular weight excluding hydrogens is 374 g/mol. The number of rotatable bonds is 5. The molecule has 1 fully saturated rings. The summed E-state index contributed by atoms with van der Waals surface area (Å²) in [4.78, 5) is 28.2. The van der Waals surface area contributed by atoms with Crippen LogP contribution in [-0.2, 0) is 14.8 Å². The van der Waals surface area contributed by atoms with E-state index in [4.69, 9.17) is 0 Å². The predicted octanol–water partition coefficient (Wildman–Crippen LogP) is 0.885. The number of carbonyl (C=O) groups is 1. The van der Waals surface area contributed by atoms with Crippen molar-refractivity contribution in [3.63, 3.8) is 0 Å². The van der Waals surface area contributed by atoms with Gasteiger partial charge in [-0.2, -0.15) is 4.31 Å². The summed E-state index contributed by atoms with van der Waals surface area (Å²) in [7, 11) is -4.01. The summed E-state index contributed by atoms with van der Waals surface area (Å²) in [5, 5.41) is 11.1. The molecule has 1 aliphatic rings. The lowest BCUT2D eigenvalue weighted by molar-refractivity contribution is -0.387. The first-order valence-electron chi connectivity index (χ1n) is 8.32. The Morgan fingerprint density at radius 3 is 2.48 bits per heavy atom. The molecule has 0 bridgehead atoms. The van der Waals surface area contributed by atoms with Crippen molar-refractivity contribution in [3.8, 4) is 0 Å². The second kappa shape index (κ2) is 7.45. The first-order valence-corrected chi connectivity index (χ1v) is 9.76. The van der Waals surface area contributed by atoms with Gasteiger partial charge in [0.2, 0.25) is 15.9 Å². The molecule has 1 aliphatic heterocycles. The fourth-order valence-electron chi connectivity index (χ4n) is 3.00. The Bertz CT molecular complexity index is 936. The van der Waals surface area contributed by atoms with Gasteiger partial charge >= 0.3 is 0 Å². The molecule has 1 aromatic carbocycles. The molecule has 0 N–H and O–H groups in total. The van der Waals surface area contributed by atoms with Crippen LogP contribution in [0.5, 0.6) is 0 Å². The highest BCUT2D eigenvalue weighted by Crippen LogP contribution is 2.27. The lowest BCUT2D eigenvalue weighted by atomic mass is 10.2. The second-order valence-corrected chi connectivity index (χ2v) is 8.05. The van der Waals surface area contributed by atoms with Gasteiger partial charge in [0, 0.05) is 44.6 Å². The van der Waals surface area contributed by atoms with Crippen LogP contribution in [0.15, 0.2) is 47.9 Å². The third-order valence-electron chi connectivity index (χ3n) is 4.56. The van der Waals surface area contributed by atoms with Gasteiger partial charge in [0.15, 0.2) is 4.90 Å². The first-order chi connectivity index (χ1) is 12.8. The third kappa shape index (κ3) is 3.69. The van der Waals surface area contributed by atoms with E-state index in [2.05, 4.69) is 4.98 Å². The molecule has 0 saturated carbocycles. The SMILES string of the molecule is CC(C(=O)N1CCN(S(=O)(=O)c2ccccc2[N+](=O)[O-])CC1)n1ccnc1. The number of nitrogens with zero attached hydrogens (tertiary/aromatic N) is 5. The number of benzene rings is 1. The molecule has 0 aliphatic carbocycles. The fourth-order valence-corrected chi connectivity index (χ4v) is 4.58. The number of hydrogen-bond acceptors (Lipinski definition) is 6. The molecule has 2 heterocycles. The van der Waals surface area contributed by atoms with Gasteiger partial charge in [-0.05, 0) is 13.0 Å². The number of para-hydroxylation sites is 1. The minimum absolute atomic E-state index is 0.0801. The van der Waals surface area contributed by atoms with Crippen molar-refractivity contribution in [1.82, 2.24) is 18.8 Å². The summed E-state index contributed by atoms with van der Waals surface area (Å²) in [6, 6.07) is 4.83.